The first-order valence-electron chi connectivity index (χ1n) is 7.84. The molecule has 3 rings (SSSR count). The molecule has 138 valence electrons. The van der Waals surface area contributed by atoms with Gasteiger partial charge in [-0.15, -0.1) is 13.2 Å². The van der Waals surface area contributed by atoms with Gasteiger partial charge in [0.15, 0.2) is 0 Å². The number of likely N-dealkylation sites (tertiary alicyclic amines) is 1. The SMILES string of the molecule is O=C(/C=C/CO)N1CC(c2ccn(-c3ccc(OC(F)(F)F)cc3)n2)C1. The summed E-state index contributed by atoms with van der Waals surface area (Å²) in [6.07, 6.45) is -0.290. The van der Waals surface area contributed by atoms with Gasteiger partial charge in [-0.1, -0.05) is 6.08 Å². The summed E-state index contributed by atoms with van der Waals surface area (Å²) in [5.74, 6) is -0.344. The third-order valence-electron chi connectivity index (χ3n) is 3.92. The molecule has 1 aromatic carbocycles. The maximum atomic E-state index is 12.2. The fourth-order valence-electron chi connectivity index (χ4n) is 2.60. The Hall–Kier alpha value is -2.81. The molecule has 1 amide bonds. The fourth-order valence-corrected chi connectivity index (χ4v) is 2.60. The lowest BCUT2D eigenvalue weighted by atomic mass is 9.96. The van der Waals surface area contributed by atoms with E-state index in [1.165, 1.54) is 36.4 Å². The molecule has 0 saturated carbocycles. The third-order valence-corrected chi connectivity index (χ3v) is 3.92. The number of rotatable bonds is 5. The summed E-state index contributed by atoms with van der Waals surface area (Å²) in [7, 11) is 0. The number of alkyl halides is 3. The van der Waals surface area contributed by atoms with Gasteiger partial charge < -0.3 is 14.7 Å². The molecule has 0 atom stereocenters. The van der Waals surface area contributed by atoms with Crippen molar-refractivity contribution in [2.24, 2.45) is 0 Å². The summed E-state index contributed by atoms with van der Waals surface area (Å²) >= 11 is 0. The Morgan fingerprint density at radius 1 is 1.27 bits per heavy atom. The van der Waals surface area contributed by atoms with Gasteiger partial charge >= 0.3 is 6.36 Å². The molecule has 1 aromatic heterocycles. The monoisotopic (exact) mass is 367 g/mol. The molecule has 26 heavy (non-hydrogen) atoms. The molecule has 9 heteroatoms. The van der Waals surface area contributed by atoms with Crippen LogP contribution in [0.3, 0.4) is 0 Å². The number of hydrogen-bond donors (Lipinski definition) is 1. The Kier molecular flexibility index (Phi) is 4.99. The van der Waals surface area contributed by atoms with Crippen LogP contribution < -0.4 is 4.74 Å². The molecule has 1 aliphatic heterocycles. The maximum absolute atomic E-state index is 12.2. The Morgan fingerprint density at radius 2 is 1.96 bits per heavy atom. The van der Waals surface area contributed by atoms with Crippen LogP contribution in [-0.2, 0) is 4.79 Å². The molecule has 0 spiro atoms. The van der Waals surface area contributed by atoms with E-state index in [-0.39, 0.29) is 24.2 Å². The van der Waals surface area contributed by atoms with Crippen LogP contribution in [0.15, 0.2) is 48.7 Å². The highest BCUT2D eigenvalue weighted by Gasteiger charge is 2.32. The Labute approximate surface area is 147 Å². The highest BCUT2D eigenvalue weighted by Crippen LogP contribution is 2.27. The van der Waals surface area contributed by atoms with Crippen molar-refractivity contribution in [3.63, 3.8) is 0 Å². The summed E-state index contributed by atoms with van der Waals surface area (Å²) in [6, 6.07) is 7.22. The lowest BCUT2D eigenvalue weighted by molar-refractivity contribution is -0.274. The second kappa shape index (κ2) is 7.20. The van der Waals surface area contributed by atoms with Crippen LogP contribution in [-0.4, -0.2) is 51.8 Å². The van der Waals surface area contributed by atoms with Crippen molar-refractivity contribution in [2.75, 3.05) is 19.7 Å². The highest BCUT2D eigenvalue weighted by molar-refractivity contribution is 5.88. The minimum atomic E-state index is -4.72. The van der Waals surface area contributed by atoms with Crippen molar-refractivity contribution in [2.45, 2.75) is 12.3 Å². The number of hydrogen-bond acceptors (Lipinski definition) is 4. The summed E-state index contributed by atoms with van der Waals surface area (Å²) in [5.41, 5.74) is 1.40. The Morgan fingerprint density at radius 3 is 2.58 bits per heavy atom. The molecule has 0 bridgehead atoms. The number of ether oxygens (including phenoxy) is 1. The van der Waals surface area contributed by atoms with E-state index >= 15 is 0 Å². The minimum absolute atomic E-state index is 0.107. The summed E-state index contributed by atoms with van der Waals surface area (Å²) in [5, 5.41) is 13.1. The molecule has 0 radical (unpaired) electrons. The molecular weight excluding hydrogens is 351 g/mol. The van der Waals surface area contributed by atoms with Gasteiger partial charge in [-0.2, -0.15) is 5.10 Å². The molecule has 2 heterocycles. The first kappa shape index (κ1) is 18.0. The molecule has 0 aliphatic carbocycles. The van der Waals surface area contributed by atoms with Gasteiger partial charge in [0.2, 0.25) is 5.91 Å². The summed E-state index contributed by atoms with van der Waals surface area (Å²) < 4.78 is 41.9. The van der Waals surface area contributed by atoms with Crippen molar-refractivity contribution in [1.82, 2.24) is 14.7 Å². The van der Waals surface area contributed by atoms with Crippen LogP contribution in [0.25, 0.3) is 5.69 Å². The fraction of sp³-hybridized carbons (Fsp3) is 0.294. The minimum Gasteiger partial charge on any atom is -0.406 e. The molecule has 1 saturated heterocycles. The predicted octanol–water partition coefficient (Wildman–Crippen LogP) is 2.25. The molecule has 0 unspecified atom stereocenters. The zero-order valence-corrected chi connectivity index (χ0v) is 13.6. The number of aromatic nitrogens is 2. The Balaban J connectivity index is 1.60. The molecule has 1 N–H and O–H groups in total. The lowest BCUT2D eigenvalue weighted by Gasteiger charge is -2.37. The van der Waals surface area contributed by atoms with Crippen LogP contribution in [0.2, 0.25) is 0 Å². The number of amides is 1. The van der Waals surface area contributed by atoms with Crippen molar-refractivity contribution in [1.29, 1.82) is 0 Å². The Bertz CT molecular complexity index is 794. The summed E-state index contributed by atoms with van der Waals surface area (Å²) in [4.78, 5) is 13.4. The van der Waals surface area contributed by atoms with E-state index in [1.54, 1.807) is 15.8 Å². The van der Waals surface area contributed by atoms with E-state index in [9.17, 15) is 18.0 Å². The van der Waals surface area contributed by atoms with E-state index in [4.69, 9.17) is 5.11 Å². The quantitative estimate of drug-likeness (QED) is 0.823. The lowest BCUT2D eigenvalue weighted by Crippen LogP contribution is -2.48. The second-order valence-electron chi connectivity index (χ2n) is 5.75. The maximum Gasteiger partial charge on any atom is 0.573 e. The van der Waals surface area contributed by atoms with E-state index in [0.29, 0.717) is 18.8 Å². The molecule has 6 nitrogen and oxygen atoms in total. The zero-order chi connectivity index (χ0) is 18.7. The second-order valence-corrected chi connectivity index (χ2v) is 5.75. The van der Waals surface area contributed by atoms with Gasteiger partial charge in [0, 0.05) is 31.3 Å². The van der Waals surface area contributed by atoms with E-state index in [2.05, 4.69) is 9.84 Å². The molecule has 1 fully saturated rings. The van der Waals surface area contributed by atoms with Crippen LogP contribution >= 0.6 is 0 Å². The highest BCUT2D eigenvalue weighted by atomic mass is 19.4. The average Bonchev–Trinajstić information content (AvgIpc) is 3.00. The van der Waals surface area contributed by atoms with Crippen LogP contribution in [0.1, 0.15) is 11.6 Å². The predicted molar refractivity (Wildman–Crippen MR) is 85.8 cm³/mol. The standard InChI is InChI=1S/C17H16F3N3O3/c18-17(19,20)26-14-5-3-13(4-6-14)23-8-7-15(21-23)12-10-22(11-12)16(25)2-1-9-24/h1-8,12,24H,9-11H2/b2-1+. The van der Waals surface area contributed by atoms with Gasteiger partial charge in [0.05, 0.1) is 18.0 Å². The number of carbonyl (C=O) groups is 1. The van der Waals surface area contributed by atoms with Crippen molar-refractivity contribution in [3.05, 3.63) is 54.4 Å². The number of aliphatic hydroxyl groups is 1. The van der Waals surface area contributed by atoms with Crippen molar-refractivity contribution >= 4 is 5.91 Å². The number of halogens is 3. The topological polar surface area (TPSA) is 67.6 Å². The van der Waals surface area contributed by atoms with Crippen molar-refractivity contribution in [3.8, 4) is 11.4 Å². The van der Waals surface area contributed by atoms with Gasteiger partial charge in [0.25, 0.3) is 0 Å². The number of carbonyl (C=O) groups excluding carboxylic acids is 1. The number of aliphatic hydroxyl groups excluding tert-OH is 1. The zero-order valence-electron chi connectivity index (χ0n) is 13.6. The van der Waals surface area contributed by atoms with Crippen molar-refractivity contribution < 1.29 is 27.8 Å². The average molecular weight is 367 g/mol. The van der Waals surface area contributed by atoms with Gasteiger partial charge in [-0.25, -0.2) is 4.68 Å². The number of benzene rings is 1. The van der Waals surface area contributed by atoms with Crippen LogP contribution in [0, 0.1) is 0 Å². The van der Waals surface area contributed by atoms with Gasteiger partial charge in [-0.3, -0.25) is 4.79 Å². The van der Waals surface area contributed by atoms with Crippen LogP contribution in [0.4, 0.5) is 13.2 Å². The van der Waals surface area contributed by atoms with E-state index < -0.39 is 6.36 Å². The van der Waals surface area contributed by atoms with E-state index in [1.807, 2.05) is 6.07 Å². The molecule has 2 aromatic rings. The smallest absolute Gasteiger partial charge is 0.406 e. The molecular formula is C17H16F3N3O3. The molecule has 1 aliphatic rings. The third kappa shape index (κ3) is 4.23. The number of nitrogens with zero attached hydrogens (tertiary/aromatic N) is 3. The van der Waals surface area contributed by atoms with Gasteiger partial charge in [0.1, 0.15) is 5.75 Å². The first-order valence-corrected chi connectivity index (χ1v) is 7.84. The van der Waals surface area contributed by atoms with E-state index in [0.717, 1.165) is 5.69 Å². The summed E-state index contributed by atoms with van der Waals surface area (Å²) in [6.45, 7) is 0.883. The normalized spacial score (nSPS) is 15.3. The largest absolute Gasteiger partial charge is 0.573 e. The van der Waals surface area contributed by atoms with Crippen LogP contribution in [0.5, 0.6) is 5.75 Å². The first-order chi connectivity index (χ1) is 12.4. The van der Waals surface area contributed by atoms with Gasteiger partial charge in [-0.05, 0) is 30.3 Å².